The maximum absolute atomic E-state index is 13.4. The molecule has 0 saturated carbocycles. The monoisotopic (exact) mass is 483 g/mol. The smallest absolute Gasteiger partial charge is 0.262 e. The normalized spacial score (nSPS) is 17.9. The van der Waals surface area contributed by atoms with Crippen molar-refractivity contribution in [2.24, 2.45) is 5.92 Å². The van der Waals surface area contributed by atoms with Gasteiger partial charge in [0.15, 0.2) is 0 Å². The fourth-order valence-corrected chi connectivity index (χ4v) is 4.58. The highest BCUT2D eigenvalue weighted by Gasteiger charge is 2.45. The Morgan fingerprint density at radius 2 is 1.45 bits per heavy atom. The lowest BCUT2D eigenvalue weighted by atomic mass is 10.0. The number of hydrogen-bond donors (Lipinski definition) is 0. The minimum atomic E-state index is -0.787. The molecule has 1 saturated heterocycles. The van der Waals surface area contributed by atoms with E-state index in [1.807, 2.05) is 26.0 Å². The van der Waals surface area contributed by atoms with Crippen molar-refractivity contribution in [3.05, 3.63) is 69.7 Å². The second kappa shape index (κ2) is 8.93. The van der Waals surface area contributed by atoms with Gasteiger partial charge < -0.3 is 4.90 Å². The standard InChI is InChI=1S/C24H26BrN3O3/c1-16(2)21(28-22(29)19-5-3-4-6-20(19)23(28)30)24(31)27-13-11-26(12-14-27)15-17-7-9-18(25)10-8-17/h3-10,16,21H,11-15H2,1-2H3/t21-/m0/s1. The Bertz CT molecular complexity index is 962. The third-order valence-corrected chi connectivity index (χ3v) is 6.52. The molecular weight excluding hydrogens is 458 g/mol. The van der Waals surface area contributed by atoms with Gasteiger partial charge >= 0.3 is 0 Å². The van der Waals surface area contributed by atoms with Crippen molar-refractivity contribution >= 4 is 33.7 Å². The van der Waals surface area contributed by atoms with E-state index in [9.17, 15) is 14.4 Å². The second-order valence-electron chi connectivity index (χ2n) is 8.44. The van der Waals surface area contributed by atoms with Crippen molar-refractivity contribution in [2.75, 3.05) is 26.2 Å². The molecule has 0 aliphatic carbocycles. The van der Waals surface area contributed by atoms with Gasteiger partial charge in [0.05, 0.1) is 11.1 Å². The van der Waals surface area contributed by atoms with Gasteiger partial charge in [-0.2, -0.15) is 0 Å². The highest BCUT2D eigenvalue weighted by atomic mass is 79.9. The van der Waals surface area contributed by atoms with Crippen LogP contribution in [0.2, 0.25) is 0 Å². The topological polar surface area (TPSA) is 60.9 Å². The van der Waals surface area contributed by atoms with E-state index in [-0.39, 0.29) is 23.6 Å². The largest absolute Gasteiger partial charge is 0.338 e. The van der Waals surface area contributed by atoms with Gasteiger partial charge in [-0.15, -0.1) is 0 Å². The molecule has 2 aliphatic rings. The van der Waals surface area contributed by atoms with Gasteiger partial charge in [-0.25, -0.2) is 0 Å². The predicted molar refractivity (Wildman–Crippen MR) is 122 cm³/mol. The molecule has 3 amide bonds. The molecule has 2 aliphatic heterocycles. The summed E-state index contributed by atoms with van der Waals surface area (Å²) in [6, 6.07) is 14.3. The van der Waals surface area contributed by atoms with Crippen LogP contribution in [0.5, 0.6) is 0 Å². The summed E-state index contributed by atoms with van der Waals surface area (Å²) in [5.74, 6) is -1.06. The summed E-state index contributed by atoms with van der Waals surface area (Å²) >= 11 is 3.46. The van der Waals surface area contributed by atoms with Crippen molar-refractivity contribution in [3.63, 3.8) is 0 Å². The molecular formula is C24H26BrN3O3. The Labute approximate surface area is 190 Å². The highest BCUT2D eigenvalue weighted by Crippen LogP contribution is 2.28. The van der Waals surface area contributed by atoms with E-state index in [4.69, 9.17) is 0 Å². The first-order chi connectivity index (χ1) is 14.9. The Hall–Kier alpha value is -2.51. The van der Waals surface area contributed by atoms with E-state index in [2.05, 4.69) is 33.0 Å². The van der Waals surface area contributed by atoms with Crippen LogP contribution in [-0.2, 0) is 11.3 Å². The summed E-state index contributed by atoms with van der Waals surface area (Å²) in [6.07, 6.45) is 0. The molecule has 2 aromatic rings. The minimum absolute atomic E-state index is 0.146. The second-order valence-corrected chi connectivity index (χ2v) is 9.36. The zero-order valence-corrected chi connectivity index (χ0v) is 19.3. The fraction of sp³-hybridized carbons (Fsp3) is 0.375. The van der Waals surface area contributed by atoms with Gasteiger partial charge in [0, 0.05) is 37.2 Å². The molecule has 0 aromatic heterocycles. The van der Waals surface area contributed by atoms with E-state index in [0.29, 0.717) is 24.2 Å². The minimum Gasteiger partial charge on any atom is -0.338 e. The number of carbonyl (C=O) groups excluding carboxylic acids is 3. The summed E-state index contributed by atoms with van der Waals surface area (Å²) < 4.78 is 1.06. The number of halogens is 1. The Kier molecular flexibility index (Phi) is 6.25. The van der Waals surface area contributed by atoms with Gasteiger partial charge in [0.25, 0.3) is 11.8 Å². The van der Waals surface area contributed by atoms with Gasteiger partial charge in [0.2, 0.25) is 5.91 Å². The molecule has 162 valence electrons. The fourth-order valence-electron chi connectivity index (χ4n) is 4.32. The van der Waals surface area contributed by atoms with Gasteiger partial charge in [-0.3, -0.25) is 24.2 Å². The number of piperazine rings is 1. The van der Waals surface area contributed by atoms with Gasteiger partial charge in [-0.1, -0.05) is 54.0 Å². The molecule has 1 fully saturated rings. The first-order valence-corrected chi connectivity index (χ1v) is 11.4. The SMILES string of the molecule is CC(C)[C@@H](C(=O)N1CCN(Cc2ccc(Br)cc2)CC1)N1C(=O)c2ccccc2C1=O. The molecule has 0 bridgehead atoms. The first kappa shape index (κ1) is 21.7. The number of imide groups is 1. The van der Waals surface area contributed by atoms with Crippen molar-refractivity contribution in [1.82, 2.24) is 14.7 Å². The lowest BCUT2D eigenvalue weighted by Crippen LogP contribution is -2.57. The number of hydrogen-bond acceptors (Lipinski definition) is 4. The van der Waals surface area contributed by atoms with Crippen LogP contribution < -0.4 is 0 Å². The van der Waals surface area contributed by atoms with Gasteiger partial charge in [-0.05, 0) is 35.7 Å². The molecule has 2 aromatic carbocycles. The van der Waals surface area contributed by atoms with Crippen molar-refractivity contribution in [2.45, 2.75) is 26.4 Å². The van der Waals surface area contributed by atoms with Crippen LogP contribution in [0.3, 0.4) is 0 Å². The average Bonchev–Trinajstić information content (AvgIpc) is 3.01. The Morgan fingerprint density at radius 3 is 1.97 bits per heavy atom. The molecule has 4 rings (SSSR count). The molecule has 0 spiro atoms. The highest BCUT2D eigenvalue weighted by molar-refractivity contribution is 9.10. The van der Waals surface area contributed by atoms with Gasteiger partial charge in [0.1, 0.15) is 6.04 Å². The van der Waals surface area contributed by atoms with Crippen LogP contribution in [-0.4, -0.2) is 64.6 Å². The summed E-state index contributed by atoms with van der Waals surface area (Å²) in [5.41, 5.74) is 1.99. The maximum atomic E-state index is 13.4. The maximum Gasteiger partial charge on any atom is 0.262 e. The Morgan fingerprint density at radius 1 is 0.903 bits per heavy atom. The summed E-state index contributed by atoms with van der Waals surface area (Å²) in [6.45, 7) is 7.29. The lowest BCUT2D eigenvalue weighted by Gasteiger charge is -2.38. The summed E-state index contributed by atoms with van der Waals surface area (Å²) in [4.78, 5) is 44.6. The molecule has 6 nitrogen and oxygen atoms in total. The number of rotatable bonds is 5. The van der Waals surface area contributed by atoms with Crippen LogP contribution in [0.15, 0.2) is 53.0 Å². The van der Waals surface area contributed by atoms with Crippen LogP contribution in [0.25, 0.3) is 0 Å². The van der Waals surface area contributed by atoms with E-state index < -0.39 is 6.04 Å². The number of amides is 3. The predicted octanol–water partition coefficient (Wildman–Crippen LogP) is 3.41. The molecule has 1 atom stereocenters. The molecule has 0 N–H and O–H groups in total. The molecule has 2 heterocycles. The van der Waals surface area contributed by atoms with Crippen molar-refractivity contribution in [1.29, 1.82) is 0 Å². The lowest BCUT2D eigenvalue weighted by molar-refractivity contribution is -0.138. The van der Waals surface area contributed by atoms with Crippen molar-refractivity contribution < 1.29 is 14.4 Å². The third kappa shape index (κ3) is 4.29. The van der Waals surface area contributed by atoms with E-state index in [1.165, 1.54) is 10.5 Å². The van der Waals surface area contributed by atoms with E-state index in [0.717, 1.165) is 24.1 Å². The zero-order valence-electron chi connectivity index (χ0n) is 17.8. The third-order valence-electron chi connectivity index (χ3n) is 5.99. The zero-order chi connectivity index (χ0) is 22.1. The number of carbonyl (C=O) groups is 3. The van der Waals surface area contributed by atoms with Crippen LogP contribution in [0, 0.1) is 5.92 Å². The number of fused-ring (bicyclic) bond motifs is 1. The number of nitrogens with zero attached hydrogens (tertiary/aromatic N) is 3. The average molecular weight is 484 g/mol. The van der Waals surface area contributed by atoms with Crippen LogP contribution in [0.4, 0.5) is 0 Å². The first-order valence-electron chi connectivity index (χ1n) is 10.6. The van der Waals surface area contributed by atoms with E-state index >= 15 is 0 Å². The van der Waals surface area contributed by atoms with Crippen LogP contribution >= 0.6 is 15.9 Å². The molecule has 0 radical (unpaired) electrons. The molecule has 0 unspecified atom stereocenters. The Balaban J connectivity index is 1.44. The summed E-state index contributed by atoms with van der Waals surface area (Å²) in [7, 11) is 0. The van der Waals surface area contributed by atoms with Crippen LogP contribution in [0.1, 0.15) is 40.1 Å². The summed E-state index contributed by atoms with van der Waals surface area (Å²) in [5, 5.41) is 0. The molecule has 7 heteroatoms. The molecule has 31 heavy (non-hydrogen) atoms. The van der Waals surface area contributed by atoms with Crippen molar-refractivity contribution in [3.8, 4) is 0 Å². The van der Waals surface area contributed by atoms with E-state index in [1.54, 1.807) is 29.2 Å². The quantitative estimate of drug-likeness (QED) is 0.611. The number of benzene rings is 2.